The van der Waals surface area contributed by atoms with Crippen molar-refractivity contribution in [2.24, 2.45) is 0 Å². The molecule has 1 amide bonds. The standard InChI is InChI=1S/C19H30N4O3/c1-15(24)26-14-19(25)20-13-18(23-11-9-22(4)10-12-23)16-5-7-17(8-6-16)21(2)3/h5-8,18H,9-14H2,1-4H3,(H,20,25)/t18-/m0/s1. The van der Waals surface area contributed by atoms with Crippen LogP contribution in [-0.2, 0) is 14.3 Å². The van der Waals surface area contributed by atoms with Crippen LogP contribution in [0.2, 0.25) is 0 Å². The van der Waals surface area contributed by atoms with Crippen molar-refractivity contribution >= 4 is 17.6 Å². The van der Waals surface area contributed by atoms with Crippen molar-refractivity contribution < 1.29 is 14.3 Å². The molecular formula is C19H30N4O3. The Bertz CT molecular complexity index is 595. The van der Waals surface area contributed by atoms with Crippen molar-refractivity contribution in [3.8, 4) is 0 Å². The Hall–Kier alpha value is -2.12. The summed E-state index contributed by atoms with van der Waals surface area (Å²) >= 11 is 0. The monoisotopic (exact) mass is 362 g/mol. The number of benzene rings is 1. The lowest BCUT2D eigenvalue weighted by Gasteiger charge is -2.38. The van der Waals surface area contributed by atoms with Crippen molar-refractivity contribution in [3.05, 3.63) is 29.8 Å². The molecule has 1 aliphatic rings. The average molecular weight is 362 g/mol. The van der Waals surface area contributed by atoms with Gasteiger partial charge in [-0.1, -0.05) is 12.1 Å². The third-order valence-electron chi connectivity index (χ3n) is 4.67. The van der Waals surface area contributed by atoms with Gasteiger partial charge in [-0.15, -0.1) is 0 Å². The summed E-state index contributed by atoms with van der Waals surface area (Å²) in [6, 6.07) is 8.53. The van der Waals surface area contributed by atoms with E-state index in [2.05, 4.69) is 51.3 Å². The molecule has 0 radical (unpaired) electrons. The van der Waals surface area contributed by atoms with Gasteiger partial charge in [-0.2, -0.15) is 0 Å². The minimum Gasteiger partial charge on any atom is -0.456 e. The number of piperazine rings is 1. The zero-order valence-electron chi connectivity index (χ0n) is 16.2. The van der Waals surface area contributed by atoms with E-state index in [9.17, 15) is 9.59 Å². The van der Waals surface area contributed by atoms with E-state index in [4.69, 9.17) is 4.74 Å². The third-order valence-corrected chi connectivity index (χ3v) is 4.67. The van der Waals surface area contributed by atoms with Crippen molar-refractivity contribution in [1.29, 1.82) is 0 Å². The molecule has 0 unspecified atom stereocenters. The Morgan fingerprint density at radius 3 is 2.31 bits per heavy atom. The molecule has 1 heterocycles. The van der Waals surface area contributed by atoms with Crippen LogP contribution < -0.4 is 10.2 Å². The first kappa shape index (κ1) is 20.2. The zero-order chi connectivity index (χ0) is 19.1. The number of rotatable bonds is 7. The topological polar surface area (TPSA) is 65.1 Å². The van der Waals surface area contributed by atoms with Gasteiger partial charge < -0.3 is 19.9 Å². The van der Waals surface area contributed by atoms with Crippen LogP contribution in [0.15, 0.2) is 24.3 Å². The molecule has 1 fully saturated rings. The Balaban J connectivity index is 2.06. The van der Waals surface area contributed by atoms with Crippen LogP contribution in [-0.4, -0.2) is 82.1 Å². The molecule has 0 aliphatic carbocycles. The van der Waals surface area contributed by atoms with Crippen molar-refractivity contribution in [2.45, 2.75) is 13.0 Å². The second kappa shape index (κ2) is 9.54. The predicted molar refractivity (Wildman–Crippen MR) is 102 cm³/mol. The summed E-state index contributed by atoms with van der Waals surface area (Å²) in [6.07, 6.45) is 0. The number of hydrogen-bond donors (Lipinski definition) is 1. The highest BCUT2D eigenvalue weighted by Crippen LogP contribution is 2.24. The minimum absolute atomic E-state index is 0.0983. The molecule has 7 heteroatoms. The Labute approximate surface area is 155 Å². The van der Waals surface area contributed by atoms with Gasteiger partial charge in [0.1, 0.15) is 0 Å². The fraction of sp³-hybridized carbons (Fsp3) is 0.579. The molecule has 1 saturated heterocycles. The molecular weight excluding hydrogens is 332 g/mol. The number of ether oxygens (including phenoxy) is 1. The Morgan fingerprint density at radius 2 is 1.77 bits per heavy atom. The van der Waals surface area contributed by atoms with E-state index in [1.165, 1.54) is 12.5 Å². The molecule has 1 aliphatic heterocycles. The smallest absolute Gasteiger partial charge is 0.303 e. The van der Waals surface area contributed by atoms with Gasteiger partial charge in [-0.3, -0.25) is 14.5 Å². The van der Waals surface area contributed by atoms with Crippen LogP contribution in [0.3, 0.4) is 0 Å². The number of amides is 1. The van der Waals surface area contributed by atoms with Gasteiger partial charge in [0, 0.05) is 59.4 Å². The highest BCUT2D eigenvalue weighted by Gasteiger charge is 2.24. The van der Waals surface area contributed by atoms with Gasteiger partial charge in [0.25, 0.3) is 5.91 Å². The van der Waals surface area contributed by atoms with E-state index >= 15 is 0 Å². The van der Waals surface area contributed by atoms with Gasteiger partial charge in [-0.25, -0.2) is 0 Å². The number of hydrogen-bond acceptors (Lipinski definition) is 6. The largest absolute Gasteiger partial charge is 0.456 e. The molecule has 26 heavy (non-hydrogen) atoms. The van der Waals surface area contributed by atoms with Crippen LogP contribution in [0.1, 0.15) is 18.5 Å². The van der Waals surface area contributed by atoms with E-state index in [-0.39, 0.29) is 18.6 Å². The van der Waals surface area contributed by atoms with Gasteiger partial charge in [-0.05, 0) is 24.7 Å². The molecule has 1 atom stereocenters. The summed E-state index contributed by atoms with van der Waals surface area (Å²) in [4.78, 5) is 29.6. The first-order valence-corrected chi connectivity index (χ1v) is 8.96. The van der Waals surface area contributed by atoms with Gasteiger partial charge in [0.2, 0.25) is 0 Å². The average Bonchev–Trinajstić information content (AvgIpc) is 2.62. The molecule has 1 N–H and O–H groups in total. The van der Waals surface area contributed by atoms with Crippen molar-refractivity contribution in [2.75, 3.05) is 65.4 Å². The van der Waals surface area contributed by atoms with E-state index in [1.807, 2.05) is 14.1 Å². The first-order valence-electron chi connectivity index (χ1n) is 8.96. The second-order valence-corrected chi connectivity index (χ2v) is 6.93. The number of likely N-dealkylation sites (N-methyl/N-ethyl adjacent to an activating group) is 1. The number of carbonyl (C=O) groups is 2. The molecule has 2 rings (SSSR count). The molecule has 0 saturated carbocycles. The van der Waals surface area contributed by atoms with Crippen molar-refractivity contribution in [3.63, 3.8) is 0 Å². The van der Waals surface area contributed by atoms with E-state index in [0.29, 0.717) is 6.54 Å². The lowest BCUT2D eigenvalue weighted by atomic mass is 10.0. The van der Waals surface area contributed by atoms with Gasteiger partial charge in [0.15, 0.2) is 6.61 Å². The molecule has 0 bridgehead atoms. The van der Waals surface area contributed by atoms with Gasteiger partial charge in [0.05, 0.1) is 6.04 Å². The number of nitrogens with zero attached hydrogens (tertiary/aromatic N) is 3. The van der Waals surface area contributed by atoms with Crippen molar-refractivity contribution in [1.82, 2.24) is 15.1 Å². The fourth-order valence-corrected chi connectivity index (χ4v) is 3.01. The molecule has 1 aromatic carbocycles. The summed E-state index contributed by atoms with van der Waals surface area (Å²) < 4.78 is 4.77. The maximum Gasteiger partial charge on any atom is 0.303 e. The normalized spacial score (nSPS) is 16.8. The number of anilines is 1. The minimum atomic E-state index is -0.449. The number of carbonyl (C=O) groups excluding carboxylic acids is 2. The van der Waals surface area contributed by atoms with Crippen LogP contribution in [0.25, 0.3) is 0 Å². The molecule has 144 valence electrons. The fourth-order valence-electron chi connectivity index (χ4n) is 3.01. The summed E-state index contributed by atoms with van der Waals surface area (Å²) in [5, 5.41) is 2.90. The Kier molecular flexibility index (Phi) is 7.41. The summed E-state index contributed by atoms with van der Waals surface area (Å²) in [5.41, 5.74) is 2.32. The number of nitrogens with one attached hydrogen (secondary N) is 1. The lowest BCUT2D eigenvalue weighted by Crippen LogP contribution is -2.48. The summed E-state index contributed by atoms with van der Waals surface area (Å²) in [7, 11) is 6.16. The van der Waals surface area contributed by atoms with Crippen LogP contribution >= 0.6 is 0 Å². The van der Waals surface area contributed by atoms with E-state index < -0.39 is 5.97 Å². The maximum atomic E-state index is 11.9. The number of esters is 1. The SMILES string of the molecule is CC(=O)OCC(=O)NC[C@@H](c1ccc(N(C)C)cc1)N1CCN(C)CC1. The maximum absolute atomic E-state index is 11.9. The highest BCUT2D eigenvalue weighted by molar-refractivity contribution is 5.79. The molecule has 1 aromatic rings. The highest BCUT2D eigenvalue weighted by atomic mass is 16.5. The summed E-state index contributed by atoms with van der Waals surface area (Å²) in [5.74, 6) is -0.723. The predicted octanol–water partition coefficient (Wildman–Crippen LogP) is 0.720. The van der Waals surface area contributed by atoms with Gasteiger partial charge >= 0.3 is 5.97 Å². The lowest BCUT2D eigenvalue weighted by molar-refractivity contribution is -0.146. The molecule has 0 spiro atoms. The quantitative estimate of drug-likeness (QED) is 0.721. The zero-order valence-corrected chi connectivity index (χ0v) is 16.2. The Morgan fingerprint density at radius 1 is 1.15 bits per heavy atom. The summed E-state index contributed by atoms with van der Waals surface area (Å²) in [6.45, 7) is 5.48. The molecule has 7 nitrogen and oxygen atoms in total. The molecule has 0 aromatic heterocycles. The third kappa shape index (κ3) is 6.00. The van der Waals surface area contributed by atoms with Crippen LogP contribution in [0.4, 0.5) is 5.69 Å². The van der Waals surface area contributed by atoms with E-state index in [1.54, 1.807) is 0 Å². The first-order chi connectivity index (χ1) is 12.4. The second-order valence-electron chi connectivity index (χ2n) is 6.93. The van der Waals surface area contributed by atoms with Crippen LogP contribution in [0.5, 0.6) is 0 Å². The van der Waals surface area contributed by atoms with Crippen LogP contribution in [0, 0.1) is 0 Å². The van der Waals surface area contributed by atoms with E-state index in [0.717, 1.165) is 31.9 Å².